The molecule has 2 rings (SSSR count). The number of halogens is 1. The predicted octanol–water partition coefficient (Wildman–Crippen LogP) is 3.84. The number of rotatable bonds is 6. The number of phenolic OH excluding ortho intramolecular Hbond substituents is 1. The summed E-state index contributed by atoms with van der Waals surface area (Å²) in [4.78, 5) is 0. The molecular weight excluding hydrogens is 318 g/mol. The number of hydrogen-bond acceptors (Lipinski definition) is 3. The minimum atomic E-state index is 0.182. The van der Waals surface area contributed by atoms with Crippen LogP contribution in [-0.4, -0.2) is 11.7 Å². The number of aromatic hydroxyl groups is 1. The Morgan fingerprint density at radius 2 is 1.95 bits per heavy atom. The molecule has 0 radical (unpaired) electrons. The molecule has 106 valence electrons. The van der Waals surface area contributed by atoms with Gasteiger partial charge in [0, 0.05) is 17.6 Å². The normalized spacial score (nSPS) is 10.5. The van der Waals surface area contributed by atoms with Gasteiger partial charge in [0.2, 0.25) is 0 Å². The Morgan fingerprint density at radius 1 is 1.15 bits per heavy atom. The van der Waals surface area contributed by atoms with Gasteiger partial charge < -0.3 is 15.2 Å². The van der Waals surface area contributed by atoms with Crippen LogP contribution in [-0.2, 0) is 13.1 Å². The van der Waals surface area contributed by atoms with Crippen LogP contribution in [0.3, 0.4) is 0 Å². The van der Waals surface area contributed by atoms with Crippen molar-refractivity contribution in [3.8, 4) is 11.5 Å². The summed E-state index contributed by atoms with van der Waals surface area (Å²) in [6.07, 6.45) is 0. The Kier molecular flexibility index (Phi) is 5.44. The van der Waals surface area contributed by atoms with E-state index in [1.165, 1.54) is 5.56 Å². The van der Waals surface area contributed by atoms with E-state index in [2.05, 4.69) is 27.3 Å². The molecule has 0 fully saturated rings. The first-order valence-corrected chi connectivity index (χ1v) is 7.39. The zero-order valence-corrected chi connectivity index (χ0v) is 13.0. The highest BCUT2D eigenvalue weighted by atomic mass is 79.9. The van der Waals surface area contributed by atoms with Crippen molar-refractivity contribution in [2.24, 2.45) is 0 Å². The summed E-state index contributed by atoms with van der Waals surface area (Å²) < 4.78 is 6.48. The molecule has 2 aromatic rings. The molecule has 0 spiro atoms. The quantitative estimate of drug-likeness (QED) is 0.842. The molecule has 0 aliphatic heterocycles. The molecule has 0 aliphatic rings. The first-order valence-electron chi connectivity index (χ1n) is 6.59. The maximum absolute atomic E-state index is 9.65. The van der Waals surface area contributed by atoms with Crippen LogP contribution in [0, 0.1) is 0 Å². The van der Waals surface area contributed by atoms with Crippen LogP contribution in [0.15, 0.2) is 46.9 Å². The average molecular weight is 336 g/mol. The summed E-state index contributed by atoms with van der Waals surface area (Å²) >= 11 is 3.53. The van der Waals surface area contributed by atoms with Crippen molar-refractivity contribution >= 4 is 15.9 Å². The lowest BCUT2D eigenvalue weighted by molar-refractivity contribution is 0.317. The fraction of sp³-hybridized carbons (Fsp3) is 0.250. The Bertz CT molecular complexity index is 572. The van der Waals surface area contributed by atoms with Crippen molar-refractivity contribution in [3.63, 3.8) is 0 Å². The average Bonchev–Trinajstić information content (AvgIpc) is 2.45. The summed E-state index contributed by atoms with van der Waals surface area (Å²) in [6.45, 7) is 3.95. The molecule has 0 bridgehead atoms. The van der Waals surface area contributed by atoms with Gasteiger partial charge in [-0.15, -0.1) is 0 Å². The second-order valence-corrected chi connectivity index (χ2v) is 5.28. The van der Waals surface area contributed by atoms with Gasteiger partial charge in [-0.2, -0.15) is 0 Å². The third-order valence-corrected chi connectivity index (χ3v) is 3.70. The summed E-state index contributed by atoms with van der Waals surface area (Å²) in [5.41, 5.74) is 2.30. The maximum Gasteiger partial charge on any atom is 0.161 e. The third kappa shape index (κ3) is 3.99. The lowest BCUT2D eigenvalue weighted by atomic mass is 10.2. The van der Waals surface area contributed by atoms with Gasteiger partial charge in [0.05, 0.1) is 6.61 Å². The van der Waals surface area contributed by atoms with Crippen molar-refractivity contribution in [1.29, 1.82) is 0 Å². The predicted molar refractivity (Wildman–Crippen MR) is 84.0 cm³/mol. The monoisotopic (exact) mass is 335 g/mol. The zero-order chi connectivity index (χ0) is 14.4. The first kappa shape index (κ1) is 14.9. The van der Waals surface area contributed by atoms with Gasteiger partial charge >= 0.3 is 0 Å². The van der Waals surface area contributed by atoms with Crippen molar-refractivity contribution in [1.82, 2.24) is 5.32 Å². The van der Waals surface area contributed by atoms with E-state index in [1.54, 1.807) is 6.07 Å². The highest BCUT2D eigenvalue weighted by molar-refractivity contribution is 9.10. The molecule has 0 aromatic heterocycles. The van der Waals surface area contributed by atoms with Crippen molar-refractivity contribution in [2.45, 2.75) is 20.0 Å². The molecule has 0 atom stereocenters. The molecule has 0 saturated carbocycles. The van der Waals surface area contributed by atoms with Gasteiger partial charge in [0.15, 0.2) is 11.5 Å². The maximum atomic E-state index is 9.65. The van der Waals surface area contributed by atoms with E-state index in [-0.39, 0.29) is 5.75 Å². The number of hydrogen-bond donors (Lipinski definition) is 2. The van der Waals surface area contributed by atoms with Crippen molar-refractivity contribution in [2.75, 3.05) is 6.61 Å². The van der Waals surface area contributed by atoms with E-state index < -0.39 is 0 Å². The van der Waals surface area contributed by atoms with E-state index in [1.807, 2.05) is 37.3 Å². The molecule has 4 heteroatoms. The molecule has 0 saturated heterocycles. The molecule has 0 aliphatic carbocycles. The standard InChI is InChI=1S/C16H18BrNO2/c1-2-20-16-9-12(7-8-15(16)19)10-18-11-13-5-3-4-6-14(13)17/h3-9,18-19H,2,10-11H2,1H3. The smallest absolute Gasteiger partial charge is 0.161 e. The molecule has 0 amide bonds. The van der Waals surface area contributed by atoms with Crippen LogP contribution >= 0.6 is 15.9 Å². The zero-order valence-electron chi connectivity index (χ0n) is 11.4. The topological polar surface area (TPSA) is 41.5 Å². The summed E-state index contributed by atoms with van der Waals surface area (Å²) in [6, 6.07) is 13.6. The fourth-order valence-corrected chi connectivity index (χ4v) is 2.35. The van der Waals surface area contributed by atoms with E-state index in [0.717, 1.165) is 23.1 Å². The van der Waals surface area contributed by atoms with E-state index >= 15 is 0 Å². The first-order chi connectivity index (χ1) is 9.70. The van der Waals surface area contributed by atoms with Crippen molar-refractivity contribution < 1.29 is 9.84 Å². The van der Waals surface area contributed by atoms with Crippen LogP contribution in [0.4, 0.5) is 0 Å². The van der Waals surface area contributed by atoms with E-state index in [4.69, 9.17) is 4.74 Å². The summed E-state index contributed by atoms with van der Waals surface area (Å²) in [5.74, 6) is 0.717. The van der Waals surface area contributed by atoms with Gasteiger partial charge in [0.25, 0.3) is 0 Å². The van der Waals surface area contributed by atoms with Gasteiger partial charge in [-0.05, 0) is 36.2 Å². The Balaban J connectivity index is 1.94. The van der Waals surface area contributed by atoms with Gasteiger partial charge in [-0.1, -0.05) is 40.2 Å². The minimum Gasteiger partial charge on any atom is -0.504 e. The molecule has 20 heavy (non-hydrogen) atoms. The number of phenols is 1. The van der Waals surface area contributed by atoms with E-state index in [9.17, 15) is 5.11 Å². The lowest BCUT2D eigenvalue weighted by Crippen LogP contribution is -2.13. The highest BCUT2D eigenvalue weighted by Gasteiger charge is 2.04. The number of benzene rings is 2. The Hall–Kier alpha value is -1.52. The molecule has 2 aromatic carbocycles. The second-order valence-electron chi connectivity index (χ2n) is 4.43. The Labute approximate surface area is 127 Å². The largest absolute Gasteiger partial charge is 0.504 e. The van der Waals surface area contributed by atoms with Crippen LogP contribution < -0.4 is 10.1 Å². The molecular formula is C16H18BrNO2. The SMILES string of the molecule is CCOc1cc(CNCc2ccccc2Br)ccc1O. The molecule has 0 unspecified atom stereocenters. The lowest BCUT2D eigenvalue weighted by Gasteiger charge is -2.10. The molecule has 2 N–H and O–H groups in total. The summed E-state index contributed by atoms with van der Waals surface area (Å²) in [7, 11) is 0. The fourth-order valence-electron chi connectivity index (χ4n) is 1.92. The van der Waals surface area contributed by atoms with Crippen molar-refractivity contribution in [3.05, 3.63) is 58.1 Å². The van der Waals surface area contributed by atoms with Gasteiger partial charge in [-0.3, -0.25) is 0 Å². The Morgan fingerprint density at radius 3 is 2.70 bits per heavy atom. The number of ether oxygens (including phenoxy) is 1. The van der Waals surface area contributed by atoms with Crippen LogP contribution in [0.2, 0.25) is 0 Å². The third-order valence-electron chi connectivity index (χ3n) is 2.93. The van der Waals surface area contributed by atoms with Crippen LogP contribution in [0.25, 0.3) is 0 Å². The minimum absolute atomic E-state index is 0.182. The van der Waals surface area contributed by atoms with Crippen LogP contribution in [0.5, 0.6) is 11.5 Å². The molecule has 0 heterocycles. The van der Waals surface area contributed by atoms with Crippen LogP contribution in [0.1, 0.15) is 18.1 Å². The summed E-state index contributed by atoms with van der Waals surface area (Å²) in [5, 5.41) is 13.0. The highest BCUT2D eigenvalue weighted by Crippen LogP contribution is 2.26. The molecule has 3 nitrogen and oxygen atoms in total. The van der Waals surface area contributed by atoms with Gasteiger partial charge in [0.1, 0.15) is 0 Å². The second kappa shape index (κ2) is 7.31. The van der Waals surface area contributed by atoms with E-state index in [0.29, 0.717) is 12.4 Å². The van der Waals surface area contributed by atoms with Gasteiger partial charge in [-0.25, -0.2) is 0 Å². The number of nitrogens with one attached hydrogen (secondary N) is 1.